The van der Waals surface area contributed by atoms with E-state index in [0.717, 1.165) is 12.8 Å². The molecule has 1 aliphatic heterocycles. The summed E-state index contributed by atoms with van der Waals surface area (Å²) in [6.07, 6.45) is 1.93. The quantitative estimate of drug-likeness (QED) is 0.894. The van der Waals surface area contributed by atoms with E-state index in [0.29, 0.717) is 24.5 Å². The lowest BCUT2D eigenvalue weighted by Crippen LogP contribution is -2.54. The molecule has 0 aromatic heterocycles. The molecular formula is C18H25N3O3. The van der Waals surface area contributed by atoms with Crippen molar-refractivity contribution >= 4 is 23.3 Å². The molecule has 1 aliphatic carbocycles. The molecule has 1 aromatic carbocycles. The average molecular weight is 331 g/mol. The van der Waals surface area contributed by atoms with E-state index < -0.39 is 0 Å². The lowest BCUT2D eigenvalue weighted by molar-refractivity contribution is -0.117. The molecule has 0 radical (unpaired) electrons. The Kier molecular flexibility index (Phi) is 4.49. The Bertz CT molecular complexity index is 640. The summed E-state index contributed by atoms with van der Waals surface area (Å²) in [5.41, 5.74) is 1.03. The summed E-state index contributed by atoms with van der Waals surface area (Å²) in [5.74, 6) is 0.211. The molecule has 130 valence electrons. The Labute approximate surface area is 142 Å². The van der Waals surface area contributed by atoms with E-state index >= 15 is 0 Å². The zero-order chi connectivity index (χ0) is 17.3. The Morgan fingerprint density at radius 2 is 1.88 bits per heavy atom. The number of carbonyl (C=O) groups excluding carboxylic acids is 2. The van der Waals surface area contributed by atoms with Crippen molar-refractivity contribution in [3.05, 3.63) is 24.3 Å². The summed E-state index contributed by atoms with van der Waals surface area (Å²) < 4.78 is 5.83. The SMILES string of the molecule is C[C@@H]1CN(C(=O)Nc2cccc(NC(=O)C3CC3)c2)CC(C)(C)O1. The number of ether oxygens (including phenoxy) is 1. The van der Waals surface area contributed by atoms with Gasteiger partial charge < -0.3 is 20.3 Å². The van der Waals surface area contributed by atoms with Gasteiger partial charge in [0.05, 0.1) is 18.2 Å². The van der Waals surface area contributed by atoms with Crippen LogP contribution in [-0.2, 0) is 9.53 Å². The maximum Gasteiger partial charge on any atom is 0.322 e. The molecule has 2 fully saturated rings. The van der Waals surface area contributed by atoms with E-state index in [4.69, 9.17) is 4.74 Å². The van der Waals surface area contributed by atoms with Crippen LogP contribution in [0.25, 0.3) is 0 Å². The first-order chi connectivity index (χ1) is 11.3. The number of amides is 3. The molecule has 0 unspecified atom stereocenters. The normalized spacial score (nSPS) is 22.8. The molecule has 24 heavy (non-hydrogen) atoms. The zero-order valence-corrected chi connectivity index (χ0v) is 14.5. The standard InChI is InChI=1S/C18H25N3O3/c1-12-10-21(11-18(2,3)24-12)17(23)20-15-6-4-5-14(9-15)19-16(22)13-7-8-13/h4-6,9,12-13H,7-8,10-11H2,1-3H3,(H,19,22)(H,20,23)/t12-/m1/s1. The van der Waals surface area contributed by atoms with Gasteiger partial charge in [-0.25, -0.2) is 4.79 Å². The molecule has 0 spiro atoms. The van der Waals surface area contributed by atoms with Crippen LogP contribution in [-0.4, -0.2) is 41.6 Å². The number of benzene rings is 1. The van der Waals surface area contributed by atoms with Crippen LogP contribution in [0, 0.1) is 5.92 Å². The molecule has 1 saturated heterocycles. The zero-order valence-electron chi connectivity index (χ0n) is 14.5. The molecule has 0 bridgehead atoms. The molecule has 1 saturated carbocycles. The minimum absolute atomic E-state index is 0.00339. The molecule has 3 amide bonds. The summed E-state index contributed by atoms with van der Waals surface area (Å²) in [4.78, 5) is 26.1. The summed E-state index contributed by atoms with van der Waals surface area (Å²) >= 11 is 0. The number of urea groups is 1. The lowest BCUT2D eigenvalue weighted by Gasteiger charge is -2.41. The first-order valence-corrected chi connectivity index (χ1v) is 8.47. The van der Waals surface area contributed by atoms with E-state index in [1.165, 1.54) is 0 Å². The molecule has 1 heterocycles. The molecule has 3 rings (SSSR count). The highest BCUT2D eigenvalue weighted by Gasteiger charge is 2.33. The van der Waals surface area contributed by atoms with Gasteiger partial charge in [0.1, 0.15) is 0 Å². The van der Waals surface area contributed by atoms with Gasteiger partial charge >= 0.3 is 6.03 Å². The highest BCUT2D eigenvalue weighted by molar-refractivity contribution is 5.95. The molecule has 2 N–H and O–H groups in total. The van der Waals surface area contributed by atoms with Crippen molar-refractivity contribution in [3.63, 3.8) is 0 Å². The van der Waals surface area contributed by atoms with Gasteiger partial charge in [0.25, 0.3) is 0 Å². The fourth-order valence-corrected chi connectivity index (χ4v) is 3.08. The molecular weight excluding hydrogens is 306 g/mol. The average Bonchev–Trinajstić information content (AvgIpc) is 3.30. The number of morpholine rings is 1. The van der Waals surface area contributed by atoms with Gasteiger partial charge in [0.2, 0.25) is 5.91 Å². The number of nitrogens with one attached hydrogen (secondary N) is 2. The van der Waals surface area contributed by atoms with E-state index in [1.54, 1.807) is 11.0 Å². The predicted octanol–water partition coefficient (Wildman–Crippen LogP) is 3.07. The number of rotatable bonds is 3. The lowest BCUT2D eigenvalue weighted by atomic mass is 10.1. The molecule has 2 aliphatic rings. The van der Waals surface area contributed by atoms with E-state index in [-0.39, 0.29) is 29.6 Å². The van der Waals surface area contributed by atoms with Gasteiger partial charge in [-0.1, -0.05) is 6.07 Å². The van der Waals surface area contributed by atoms with Crippen LogP contribution in [0.2, 0.25) is 0 Å². The minimum atomic E-state index is -0.352. The highest BCUT2D eigenvalue weighted by atomic mass is 16.5. The van der Waals surface area contributed by atoms with Crippen LogP contribution in [0.5, 0.6) is 0 Å². The van der Waals surface area contributed by atoms with Crippen LogP contribution >= 0.6 is 0 Å². The predicted molar refractivity (Wildman–Crippen MR) is 93.0 cm³/mol. The van der Waals surface area contributed by atoms with Crippen LogP contribution in [0.15, 0.2) is 24.3 Å². The largest absolute Gasteiger partial charge is 0.369 e. The third kappa shape index (κ3) is 4.26. The number of carbonyl (C=O) groups is 2. The van der Waals surface area contributed by atoms with E-state index in [2.05, 4.69) is 10.6 Å². The monoisotopic (exact) mass is 331 g/mol. The Hall–Kier alpha value is -2.08. The second-order valence-corrected chi connectivity index (χ2v) is 7.34. The Morgan fingerprint density at radius 3 is 2.50 bits per heavy atom. The molecule has 6 heteroatoms. The topological polar surface area (TPSA) is 70.7 Å². The summed E-state index contributed by atoms with van der Waals surface area (Å²) in [6, 6.07) is 7.11. The number of hydrogen-bond donors (Lipinski definition) is 2. The second-order valence-electron chi connectivity index (χ2n) is 7.34. The van der Waals surface area contributed by atoms with Gasteiger partial charge in [-0.3, -0.25) is 4.79 Å². The fourth-order valence-electron chi connectivity index (χ4n) is 3.08. The van der Waals surface area contributed by atoms with Gasteiger partial charge in [-0.2, -0.15) is 0 Å². The maximum absolute atomic E-state index is 12.5. The maximum atomic E-state index is 12.5. The number of hydrogen-bond acceptors (Lipinski definition) is 3. The number of nitrogens with zero attached hydrogens (tertiary/aromatic N) is 1. The smallest absolute Gasteiger partial charge is 0.322 e. The van der Waals surface area contributed by atoms with Crippen molar-refractivity contribution in [2.24, 2.45) is 5.92 Å². The van der Waals surface area contributed by atoms with Gasteiger partial charge in [-0.05, 0) is 51.8 Å². The van der Waals surface area contributed by atoms with Crippen molar-refractivity contribution in [2.45, 2.75) is 45.3 Å². The van der Waals surface area contributed by atoms with Crippen molar-refractivity contribution in [1.82, 2.24) is 4.90 Å². The summed E-state index contributed by atoms with van der Waals surface area (Å²) in [7, 11) is 0. The summed E-state index contributed by atoms with van der Waals surface area (Å²) in [5, 5.41) is 5.80. The summed E-state index contributed by atoms with van der Waals surface area (Å²) in [6.45, 7) is 7.04. The van der Waals surface area contributed by atoms with Gasteiger partial charge in [-0.15, -0.1) is 0 Å². The molecule has 6 nitrogen and oxygen atoms in total. The van der Waals surface area contributed by atoms with Gasteiger partial charge in [0.15, 0.2) is 0 Å². The van der Waals surface area contributed by atoms with Crippen molar-refractivity contribution in [2.75, 3.05) is 23.7 Å². The first-order valence-electron chi connectivity index (χ1n) is 8.47. The van der Waals surface area contributed by atoms with E-state index in [1.807, 2.05) is 39.0 Å². The highest BCUT2D eigenvalue weighted by Crippen LogP contribution is 2.30. The van der Waals surface area contributed by atoms with E-state index in [9.17, 15) is 9.59 Å². The van der Waals surface area contributed by atoms with Crippen LogP contribution in [0.4, 0.5) is 16.2 Å². The fraction of sp³-hybridized carbons (Fsp3) is 0.556. The van der Waals surface area contributed by atoms with Crippen LogP contribution in [0.3, 0.4) is 0 Å². The number of anilines is 2. The van der Waals surface area contributed by atoms with Gasteiger partial charge in [0, 0.05) is 23.8 Å². The van der Waals surface area contributed by atoms with Crippen molar-refractivity contribution in [3.8, 4) is 0 Å². The Balaban J connectivity index is 1.62. The van der Waals surface area contributed by atoms with Crippen molar-refractivity contribution < 1.29 is 14.3 Å². The minimum Gasteiger partial charge on any atom is -0.369 e. The molecule has 1 aromatic rings. The Morgan fingerprint density at radius 1 is 1.21 bits per heavy atom. The third-order valence-corrected chi connectivity index (χ3v) is 4.19. The van der Waals surface area contributed by atoms with Crippen LogP contribution in [0.1, 0.15) is 33.6 Å². The van der Waals surface area contributed by atoms with Crippen molar-refractivity contribution in [1.29, 1.82) is 0 Å². The first kappa shape index (κ1) is 16.8. The third-order valence-electron chi connectivity index (χ3n) is 4.19. The second kappa shape index (κ2) is 6.43. The van der Waals surface area contributed by atoms with Crippen LogP contribution < -0.4 is 10.6 Å². The molecule has 1 atom stereocenters.